The van der Waals surface area contributed by atoms with Gasteiger partial charge in [0.05, 0.1) is 13.0 Å². The Labute approximate surface area is 121 Å². The van der Waals surface area contributed by atoms with E-state index < -0.39 is 0 Å². The lowest BCUT2D eigenvalue weighted by molar-refractivity contribution is -0.142. The maximum Gasteiger partial charge on any atom is 0.313 e. The molecule has 0 bridgehead atoms. The van der Waals surface area contributed by atoms with Crippen LogP contribution in [0.4, 0.5) is 0 Å². The molecule has 4 heteroatoms. The minimum atomic E-state index is -0.151. The Morgan fingerprint density at radius 3 is 2.32 bits per heavy atom. The molecule has 2 N–H and O–H groups in total. The summed E-state index contributed by atoms with van der Waals surface area (Å²) in [4.78, 5) is 11.8. The molecule has 0 aromatic heterocycles. The zero-order chi connectivity index (χ0) is 13.4. The van der Waals surface area contributed by atoms with E-state index >= 15 is 0 Å². The zero-order valence-electron chi connectivity index (χ0n) is 11.7. The number of hydrogen-bond donors (Lipinski definition) is 1. The number of hydrogen-bond acceptors (Lipinski definition) is 3. The van der Waals surface area contributed by atoms with E-state index in [1.54, 1.807) is 0 Å². The first-order chi connectivity index (χ1) is 8.65. The van der Waals surface area contributed by atoms with Gasteiger partial charge in [-0.2, -0.15) is 0 Å². The molecule has 2 unspecified atom stereocenters. The number of carbonyl (C=O) groups excluding carboxylic acids is 1. The number of halogens is 1. The molecule has 19 heavy (non-hydrogen) atoms. The standard InChI is InChI=1S/C15H23NO2.ClH/c1-12(16)8-6-7-11-14(15(17)18-2)13-9-4-3-5-10-13;/h3-5,9-10,12,14H,6-8,11,16H2,1-2H3;1H. The van der Waals surface area contributed by atoms with Crippen LogP contribution in [-0.2, 0) is 9.53 Å². The molecule has 0 spiro atoms. The van der Waals surface area contributed by atoms with Crippen LogP contribution in [0.3, 0.4) is 0 Å². The number of ether oxygens (including phenoxy) is 1. The van der Waals surface area contributed by atoms with Crippen molar-refractivity contribution in [1.82, 2.24) is 0 Å². The second kappa shape index (κ2) is 9.82. The van der Waals surface area contributed by atoms with Gasteiger partial charge in [0.2, 0.25) is 0 Å². The summed E-state index contributed by atoms with van der Waals surface area (Å²) < 4.78 is 4.88. The van der Waals surface area contributed by atoms with Crippen molar-refractivity contribution in [1.29, 1.82) is 0 Å². The third kappa shape index (κ3) is 6.60. The van der Waals surface area contributed by atoms with Crippen LogP contribution >= 0.6 is 12.4 Å². The van der Waals surface area contributed by atoms with Crippen LogP contribution in [0.5, 0.6) is 0 Å². The lowest BCUT2D eigenvalue weighted by Crippen LogP contribution is -2.16. The summed E-state index contributed by atoms with van der Waals surface area (Å²) in [6.07, 6.45) is 3.88. The largest absolute Gasteiger partial charge is 0.469 e. The molecule has 0 saturated carbocycles. The van der Waals surface area contributed by atoms with E-state index in [0.717, 1.165) is 31.2 Å². The molecular formula is C15H24ClNO2. The molecule has 0 radical (unpaired) electrons. The molecule has 0 saturated heterocycles. The van der Waals surface area contributed by atoms with Gasteiger partial charge in [0.15, 0.2) is 0 Å². The first-order valence-electron chi connectivity index (χ1n) is 6.53. The highest BCUT2D eigenvalue weighted by Crippen LogP contribution is 2.23. The van der Waals surface area contributed by atoms with E-state index in [2.05, 4.69) is 0 Å². The van der Waals surface area contributed by atoms with Crippen molar-refractivity contribution in [3.05, 3.63) is 35.9 Å². The number of rotatable bonds is 7. The molecule has 1 rings (SSSR count). The minimum Gasteiger partial charge on any atom is -0.469 e. The Bertz CT molecular complexity index is 354. The molecule has 108 valence electrons. The van der Waals surface area contributed by atoms with Crippen molar-refractivity contribution < 1.29 is 9.53 Å². The van der Waals surface area contributed by atoms with Crippen LogP contribution in [0.25, 0.3) is 0 Å². The summed E-state index contributed by atoms with van der Waals surface area (Å²) in [5.41, 5.74) is 6.75. The van der Waals surface area contributed by atoms with E-state index in [1.165, 1.54) is 7.11 Å². The van der Waals surface area contributed by atoms with Crippen molar-refractivity contribution in [3.63, 3.8) is 0 Å². The molecule has 0 heterocycles. The maximum atomic E-state index is 11.8. The van der Waals surface area contributed by atoms with E-state index in [9.17, 15) is 4.79 Å². The maximum absolute atomic E-state index is 11.8. The van der Waals surface area contributed by atoms with Crippen LogP contribution < -0.4 is 5.73 Å². The highest BCUT2D eigenvalue weighted by Gasteiger charge is 2.20. The lowest BCUT2D eigenvalue weighted by atomic mass is 9.93. The summed E-state index contributed by atoms with van der Waals surface area (Å²) >= 11 is 0. The highest BCUT2D eigenvalue weighted by molar-refractivity contribution is 5.85. The summed E-state index contributed by atoms with van der Waals surface area (Å²) in [7, 11) is 1.44. The molecule has 2 atom stereocenters. The fourth-order valence-electron chi connectivity index (χ4n) is 2.06. The first kappa shape index (κ1) is 17.9. The van der Waals surface area contributed by atoms with Gasteiger partial charge in [0, 0.05) is 6.04 Å². The molecule has 0 aliphatic rings. The molecular weight excluding hydrogens is 262 g/mol. The Morgan fingerprint density at radius 1 is 1.21 bits per heavy atom. The number of esters is 1. The van der Waals surface area contributed by atoms with Gasteiger partial charge in [-0.1, -0.05) is 43.2 Å². The molecule has 0 fully saturated rings. The van der Waals surface area contributed by atoms with Crippen molar-refractivity contribution in [2.75, 3.05) is 7.11 Å². The van der Waals surface area contributed by atoms with Gasteiger partial charge in [-0.25, -0.2) is 0 Å². The molecule has 0 aliphatic carbocycles. The van der Waals surface area contributed by atoms with Gasteiger partial charge < -0.3 is 10.5 Å². The third-order valence-corrected chi connectivity index (χ3v) is 3.09. The lowest BCUT2D eigenvalue weighted by Gasteiger charge is -2.15. The van der Waals surface area contributed by atoms with Gasteiger partial charge in [0.1, 0.15) is 0 Å². The SMILES string of the molecule is COC(=O)C(CCCCC(C)N)c1ccccc1.Cl. The van der Waals surface area contributed by atoms with Gasteiger partial charge >= 0.3 is 5.97 Å². The number of nitrogens with two attached hydrogens (primary N) is 1. The average molecular weight is 286 g/mol. The van der Waals surface area contributed by atoms with Crippen LogP contribution in [-0.4, -0.2) is 19.1 Å². The van der Waals surface area contributed by atoms with E-state index in [-0.39, 0.29) is 30.3 Å². The van der Waals surface area contributed by atoms with Crippen molar-refractivity contribution >= 4 is 18.4 Å². The Balaban J connectivity index is 0.00000324. The number of methoxy groups -OCH3 is 1. The third-order valence-electron chi connectivity index (χ3n) is 3.09. The second-order valence-corrected chi connectivity index (χ2v) is 4.75. The van der Waals surface area contributed by atoms with Gasteiger partial charge in [-0.15, -0.1) is 12.4 Å². The predicted octanol–water partition coefficient (Wildman–Crippen LogP) is 3.27. The average Bonchev–Trinajstić information content (AvgIpc) is 2.38. The van der Waals surface area contributed by atoms with E-state index in [0.29, 0.717) is 0 Å². The highest BCUT2D eigenvalue weighted by atomic mass is 35.5. The molecule has 1 aromatic rings. The van der Waals surface area contributed by atoms with Gasteiger partial charge in [-0.3, -0.25) is 4.79 Å². The summed E-state index contributed by atoms with van der Waals surface area (Å²) in [6, 6.07) is 10.0. The fourth-order valence-corrected chi connectivity index (χ4v) is 2.06. The normalized spacial score (nSPS) is 13.2. The zero-order valence-corrected chi connectivity index (χ0v) is 12.5. The molecule has 0 aliphatic heterocycles. The monoisotopic (exact) mass is 285 g/mol. The van der Waals surface area contributed by atoms with Gasteiger partial charge in [0.25, 0.3) is 0 Å². The van der Waals surface area contributed by atoms with Crippen molar-refractivity contribution in [2.45, 2.75) is 44.6 Å². The molecule has 1 aromatic carbocycles. The summed E-state index contributed by atoms with van der Waals surface area (Å²) in [5, 5.41) is 0. The Kier molecular flexibility index (Phi) is 9.27. The minimum absolute atomic E-state index is 0. The van der Waals surface area contributed by atoms with Crippen LogP contribution in [0.15, 0.2) is 30.3 Å². The quantitative estimate of drug-likeness (QED) is 0.618. The smallest absolute Gasteiger partial charge is 0.313 e. The van der Waals surface area contributed by atoms with Crippen molar-refractivity contribution in [2.24, 2.45) is 5.73 Å². The summed E-state index contributed by atoms with van der Waals surface area (Å²) in [6.45, 7) is 2.01. The number of benzene rings is 1. The molecule has 3 nitrogen and oxygen atoms in total. The second-order valence-electron chi connectivity index (χ2n) is 4.75. The molecule has 0 amide bonds. The van der Waals surface area contributed by atoms with Crippen molar-refractivity contribution in [3.8, 4) is 0 Å². The summed E-state index contributed by atoms with van der Waals surface area (Å²) in [5.74, 6) is -0.300. The number of unbranched alkanes of at least 4 members (excludes halogenated alkanes) is 1. The van der Waals surface area contributed by atoms with E-state index in [4.69, 9.17) is 10.5 Å². The Hall–Kier alpha value is -1.06. The Morgan fingerprint density at radius 2 is 1.79 bits per heavy atom. The van der Waals surface area contributed by atoms with Gasteiger partial charge in [-0.05, 0) is 25.3 Å². The topological polar surface area (TPSA) is 52.3 Å². The van der Waals surface area contributed by atoms with Crippen LogP contribution in [0, 0.1) is 0 Å². The first-order valence-corrected chi connectivity index (χ1v) is 6.53. The fraction of sp³-hybridized carbons (Fsp3) is 0.533. The van der Waals surface area contributed by atoms with Crippen LogP contribution in [0.1, 0.15) is 44.1 Å². The number of carbonyl (C=O) groups is 1. The predicted molar refractivity (Wildman–Crippen MR) is 80.6 cm³/mol. The van der Waals surface area contributed by atoms with Crippen LogP contribution in [0.2, 0.25) is 0 Å². The van der Waals surface area contributed by atoms with E-state index in [1.807, 2.05) is 37.3 Å².